The zero-order valence-corrected chi connectivity index (χ0v) is 8.29. The number of furan rings is 1. The predicted octanol–water partition coefficient (Wildman–Crippen LogP) is 2.42. The van der Waals surface area contributed by atoms with Crippen LogP contribution in [0.5, 0.6) is 0 Å². The molecule has 1 heterocycles. The molecule has 0 aromatic carbocycles. The van der Waals surface area contributed by atoms with Crippen molar-refractivity contribution in [3.8, 4) is 0 Å². The number of Topliss-reactive ketones (excluding diaryl/α,β-unsaturated/α-hetero) is 1. The fraction of sp³-hybridized carbons (Fsp3) is 0.545. The molecule has 0 aliphatic heterocycles. The van der Waals surface area contributed by atoms with Crippen LogP contribution in [0.25, 0.3) is 0 Å². The molecule has 2 rings (SSSR count). The zero-order chi connectivity index (χ0) is 10.0. The van der Waals surface area contributed by atoms with Crippen molar-refractivity contribution < 1.29 is 13.9 Å². The summed E-state index contributed by atoms with van der Waals surface area (Å²) in [7, 11) is 1.61. The van der Waals surface area contributed by atoms with Crippen LogP contribution in [-0.4, -0.2) is 18.5 Å². The number of carbonyl (C=O) groups is 1. The highest BCUT2D eigenvalue weighted by atomic mass is 16.5. The van der Waals surface area contributed by atoms with E-state index in [1.54, 1.807) is 13.2 Å². The van der Waals surface area contributed by atoms with Crippen LogP contribution in [0.4, 0.5) is 0 Å². The summed E-state index contributed by atoms with van der Waals surface area (Å²) in [5, 5.41) is 0. The molecule has 0 radical (unpaired) electrons. The van der Waals surface area contributed by atoms with Gasteiger partial charge in [-0.05, 0) is 31.7 Å². The van der Waals surface area contributed by atoms with Crippen LogP contribution in [0, 0.1) is 0 Å². The summed E-state index contributed by atoms with van der Waals surface area (Å²) >= 11 is 0. The van der Waals surface area contributed by atoms with Crippen LogP contribution in [-0.2, 0) is 4.74 Å². The van der Waals surface area contributed by atoms with Crippen molar-refractivity contribution in [3.05, 3.63) is 24.2 Å². The Labute approximate surface area is 83.0 Å². The molecular weight excluding hydrogens is 180 g/mol. The van der Waals surface area contributed by atoms with Gasteiger partial charge in [0, 0.05) is 7.11 Å². The first-order chi connectivity index (χ1) is 6.78. The third-order valence-corrected chi connectivity index (χ3v) is 3.00. The summed E-state index contributed by atoms with van der Waals surface area (Å²) < 4.78 is 10.3. The number of methoxy groups -OCH3 is 1. The number of ketones is 1. The number of ether oxygens (including phenoxy) is 1. The third kappa shape index (κ3) is 1.38. The molecule has 3 nitrogen and oxygen atoms in total. The summed E-state index contributed by atoms with van der Waals surface area (Å²) in [5.41, 5.74) is 0.0397. The van der Waals surface area contributed by atoms with Crippen LogP contribution in [0.3, 0.4) is 0 Å². The largest absolute Gasteiger partial charge is 0.472 e. The molecule has 3 heteroatoms. The lowest BCUT2D eigenvalue weighted by Gasteiger charge is -2.24. The van der Waals surface area contributed by atoms with E-state index in [4.69, 9.17) is 9.15 Å². The fourth-order valence-electron chi connectivity index (χ4n) is 2.13. The molecule has 1 aliphatic carbocycles. The molecule has 1 saturated carbocycles. The predicted molar refractivity (Wildman–Crippen MR) is 51.2 cm³/mol. The lowest BCUT2D eigenvalue weighted by Crippen LogP contribution is -2.37. The van der Waals surface area contributed by atoms with E-state index >= 15 is 0 Å². The maximum Gasteiger partial charge on any atom is 0.197 e. The second-order valence-electron chi connectivity index (χ2n) is 3.75. The van der Waals surface area contributed by atoms with Crippen molar-refractivity contribution in [2.24, 2.45) is 0 Å². The van der Waals surface area contributed by atoms with Crippen molar-refractivity contribution in [1.29, 1.82) is 0 Å². The van der Waals surface area contributed by atoms with E-state index in [0.717, 1.165) is 25.7 Å². The van der Waals surface area contributed by atoms with Crippen LogP contribution in [0.2, 0.25) is 0 Å². The number of rotatable bonds is 3. The molecule has 0 amide bonds. The quantitative estimate of drug-likeness (QED) is 0.694. The van der Waals surface area contributed by atoms with Gasteiger partial charge in [-0.1, -0.05) is 0 Å². The van der Waals surface area contributed by atoms with Gasteiger partial charge in [-0.2, -0.15) is 0 Å². The summed E-state index contributed by atoms with van der Waals surface area (Å²) in [6, 6.07) is 1.70. The minimum absolute atomic E-state index is 0.0613. The Morgan fingerprint density at radius 3 is 2.71 bits per heavy atom. The Hall–Kier alpha value is -1.09. The van der Waals surface area contributed by atoms with Crippen LogP contribution < -0.4 is 0 Å². The molecule has 0 atom stereocenters. The van der Waals surface area contributed by atoms with Gasteiger partial charge in [0.05, 0.1) is 11.8 Å². The lowest BCUT2D eigenvalue weighted by atomic mass is 9.92. The molecule has 0 saturated heterocycles. The van der Waals surface area contributed by atoms with E-state index in [1.807, 2.05) is 0 Å². The van der Waals surface area contributed by atoms with E-state index in [0.29, 0.717) is 5.56 Å². The Morgan fingerprint density at radius 1 is 1.50 bits per heavy atom. The van der Waals surface area contributed by atoms with Gasteiger partial charge in [-0.25, -0.2) is 0 Å². The molecule has 1 aromatic rings. The molecule has 0 N–H and O–H groups in total. The van der Waals surface area contributed by atoms with Crippen molar-refractivity contribution in [3.63, 3.8) is 0 Å². The zero-order valence-electron chi connectivity index (χ0n) is 8.29. The first-order valence-electron chi connectivity index (χ1n) is 4.91. The summed E-state index contributed by atoms with van der Waals surface area (Å²) in [4.78, 5) is 12.1. The van der Waals surface area contributed by atoms with Gasteiger partial charge < -0.3 is 9.15 Å². The summed E-state index contributed by atoms with van der Waals surface area (Å²) in [6.45, 7) is 0. The molecule has 76 valence electrons. The smallest absolute Gasteiger partial charge is 0.197 e. The van der Waals surface area contributed by atoms with Gasteiger partial charge in [0.15, 0.2) is 5.78 Å². The Morgan fingerprint density at radius 2 is 2.21 bits per heavy atom. The Bertz CT molecular complexity index is 307. The van der Waals surface area contributed by atoms with Gasteiger partial charge in [0.1, 0.15) is 11.9 Å². The highest BCUT2D eigenvalue weighted by Gasteiger charge is 2.41. The van der Waals surface area contributed by atoms with Gasteiger partial charge in [0.2, 0.25) is 0 Å². The first-order valence-corrected chi connectivity index (χ1v) is 4.91. The topological polar surface area (TPSA) is 39.4 Å². The molecule has 0 bridgehead atoms. The first kappa shape index (κ1) is 9.46. The molecule has 1 fully saturated rings. The Balaban J connectivity index is 2.24. The SMILES string of the molecule is COC1(C(=O)c2ccoc2)CCCC1. The minimum Gasteiger partial charge on any atom is -0.472 e. The normalized spacial score (nSPS) is 19.8. The van der Waals surface area contributed by atoms with Crippen LogP contribution >= 0.6 is 0 Å². The molecule has 0 spiro atoms. The molecular formula is C11H14O3. The van der Waals surface area contributed by atoms with Gasteiger partial charge in [-0.3, -0.25) is 4.79 Å². The minimum atomic E-state index is -0.579. The number of hydrogen-bond acceptors (Lipinski definition) is 3. The van der Waals surface area contributed by atoms with Gasteiger partial charge in [-0.15, -0.1) is 0 Å². The second-order valence-corrected chi connectivity index (χ2v) is 3.75. The highest BCUT2D eigenvalue weighted by Crippen LogP contribution is 2.35. The standard InChI is InChI=1S/C11H14O3/c1-13-11(5-2-3-6-11)10(12)9-4-7-14-8-9/h4,7-8H,2-3,5-6H2,1H3. The van der Waals surface area contributed by atoms with E-state index in [1.165, 1.54) is 12.5 Å². The monoisotopic (exact) mass is 194 g/mol. The van der Waals surface area contributed by atoms with Crippen molar-refractivity contribution in [2.45, 2.75) is 31.3 Å². The van der Waals surface area contributed by atoms with Crippen LogP contribution in [0.1, 0.15) is 36.0 Å². The van der Waals surface area contributed by atoms with Gasteiger partial charge >= 0.3 is 0 Å². The Kier molecular flexibility index (Phi) is 2.42. The second kappa shape index (κ2) is 3.58. The molecule has 0 unspecified atom stereocenters. The fourth-order valence-corrected chi connectivity index (χ4v) is 2.13. The van der Waals surface area contributed by atoms with Crippen LogP contribution in [0.15, 0.2) is 23.0 Å². The summed E-state index contributed by atoms with van der Waals surface area (Å²) in [5.74, 6) is 0.0613. The molecule has 14 heavy (non-hydrogen) atoms. The average molecular weight is 194 g/mol. The maximum absolute atomic E-state index is 12.1. The lowest BCUT2D eigenvalue weighted by molar-refractivity contribution is 0.00597. The van der Waals surface area contributed by atoms with E-state index in [9.17, 15) is 4.79 Å². The highest BCUT2D eigenvalue weighted by molar-refractivity contribution is 6.02. The third-order valence-electron chi connectivity index (χ3n) is 3.00. The van der Waals surface area contributed by atoms with Crippen molar-refractivity contribution >= 4 is 5.78 Å². The van der Waals surface area contributed by atoms with E-state index in [-0.39, 0.29) is 5.78 Å². The maximum atomic E-state index is 12.1. The molecule has 1 aliphatic rings. The summed E-state index contributed by atoms with van der Waals surface area (Å²) in [6.07, 6.45) is 6.79. The van der Waals surface area contributed by atoms with E-state index in [2.05, 4.69) is 0 Å². The number of hydrogen-bond donors (Lipinski definition) is 0. The van der Waals surface area contributed by atoms with Crippen molar-refractivity contribution in [2.75, 3.05) is 7.11 Å². The molecule has 1 aromatic heterocycles. The van der Waals surface area contributed by atoms with E-state index < -0.39 is 5.60 Å². The number of carbonyl (C=O) groups excluding carboxylic acids is 1. The van der Waals surface area contributed by atoms with Crippen molar-refractivity contribution in [1.82, 2.24) is 0 Å². The van der Waals surface area contributed by atoms with Gasteiger partial charge in [0.25, 0.3) is 0 Å². The average Bonchev–Trinajstić information content (AvgIpc) is 2.89.